The number of nitrogens with one attached hydrogen (secondary N) is 3. The molecule has 0 bridgehead atoms. The van der Waals surface area contributed by atoms with Gasteiger partial charge >= 0.3 is 25.3 Å². The lowest BCUT2D eigenvalue weighted by molar-refractivity contribution is -0.260. The predicted octanol–water partition coefficient (Wildman–Crippen LogP) is 1.05. The first kappa shape index (κ1) is 34.5. The maximum Gasteiger partial charge on any atom is 0.342 e. The first-order valence-corrected chi connectivity index (χ1v) is 13.7. The van der Waals surface area contributed by atoms with Crippen LogP contribution in [0.25, 0.3) is 0 Å². The second kappa shape index (κ2) is 14.8. The fraction of sp³-hybridized carbons (Fsp3) is 0.727. The van der Waals surface area contributed by atoms with Crippen molar-refractivity contribution in [3.05, 3.63) is 33.1 Å². The van der Waals surface area contributed by atoms with E-state index >= 15 is 4.39 Å². The van der Waals surface area contributed by atoms with Gasteiger partial charge < -0.3 is 19.3 Å². The molecule has 0 fully saturated rings. The Balaban J connectivity index is 3.26. The molecule has 0 saturated carbocycles. The van der Waals surface area contributed by atoms with Crippen LogP contribution in [0.3, 0.4) is 0 Å². The highest BCUT2D eigenvalue weighted by molar-refractivity contribution is 7.54. The number of halogens is 2. The van der Waals surface area contributed by atoms with Crippen molar-refractivity contribution in [1.29, 1.82) is 0 Å². The second-order valence-electron chi connectivity index (χ2n) is 9.20. The van der Waals surface area contributed by atoms with Crippen LogP contribution < -0.4 is 21.4 Å². The number of carbonyl (C=O) groups is 2. The number of aliphatic hydroxyl groups is 1. The van der Waals surface area contributed by atoms with Crippen LogP contribution in [-0.2, 0) is 32.9 Å². The van der Waals surface area contributed by atoms with Crippen LogP contribution in [0.1, 0.15) is 54.7 Å². The van der Waals surface area contributed by atoms with E-state index in [-0.39, 0.29) is 0 Å². The molecule has 39 heavy (non-hydrogen) atoms. The van der Waals surface area contributed by atoms with E-state index in [0.29, 0.717) is 4.57 Å². The summed E-state index contributed by atoms with van der Waals surface area (Å²) in [6, 6.07) is -1.72. The van der Waals surface area contributed by atoms with Crippen LogP contribution in [0.2, 0.25) is 0 Å². The molecule has 1 heterocycles. The molecule has 0 amide bonds. The van der Waals surface area contributed by atoms with Crippen molar-refractivity contribution in [1.82, 2.24) is 19.7 Å². The monoisotopic (exact) mass is 586 g/mol. The lowest BCUT2D eigenvalue weighted by Crippen LogP contribution is -2.49. The van der Waals surface area contributed by atoms with Crippen LogP contribution in [0.4, 0.5) is 8.78 Å². The normalized spacial score (nSPS) is 16.8. The smallest absolute Gasteiger partial charge is 0.342 e. The summed E-state index contributed by atoms with van der Waals surface area (Å²) in [5.74, 6) is -4.98. The summed E-state index contributed by atoms with van der Waals surface area (Å²) in [5.41, 5.74) is -1.92. The van der Waals surface area contributed by atoms with E-state index in [1.807, 2.05) is 4.98 Å². The highest BCUT2D eigenvalue weighted by Gasteiger charge is 2.44. The zero-order valence-corrected chi connectivity index (χ0v) is 23.7. The molecular weight excluding hydrogens is 549 g/mol. The summed E-state index contributed by atoms with van der Waals surface area (Å²) in [6.45, 7) is 6.97. The molecule has 1 aromatic rings. The summed E-state index contributed by atoms with van der Waals surface area (Å²) >= 11 is 0. The summed E-state index contributed by atoms with van der Waals surface area (Å²) in [7, 11) is -4.54. The largest absolute Gasteiger partial charge is 0.462 e. The molecule has 0 spiro atoms. The Morgan fingerprint density at radius 1 is 1.05 bits per heavy atom. The maximum atomic E-state index is 15.8. The van der Waals surface area contributed by atoms with Gasteiger partial charge in [-0.3, -0.25) is 33.0 Å². The van der Waals surface area contributed by atoms with Crippen molar-refractivity contribution >= 4 is 19.6 Å². The number of aromatic amines is 1. The standard InChI is InChI=1S/C22H37F2N4O10P/c1-12(2)36-19(31)14(5)26-39(34,27-15(6)20(32)37-13(3)4)35-11-22(24,16(7)29)38-18(10-23)28-9-8-17(30)25-21(28)33/h8-9,12-16,18,29H,10-11H2,1-7H3,(H,25,30,33)(H2,26,27,34)/t14-,15-,16-,18+,22+/m0/s1. The minimum atomic E-state index is -4.54. The highest BCUT2D eigenvalue weighted by atomic mass is 31.2. The van der Waals surface area contributed by atoms with Gasteiger partial charge in [0.2, 0.25) is 0 Å². The molecule has 0 aliphatic rings. The van der Waals surface area contributed by atoms with E-state index in [4.69, 9.17) is 18.7 Å². The highest BCUT2D eigenvalue weighted by Crippen LogP contribution is 2.41. The quantitative estimate of drug-likeness (QED) is 0.160. The molecule has 0 unspecified atom stereocenters. The van der Waals surface area contributed by atoms with Gasteiger partial charge in [-0.1, -0.05) is 0 Å². The maximum absolute atomic E-state index is 15.8. The number of H-pyrrole nitrogens is 1. The van der Waals surface area contributed by atoms with E-state index in [0.717, 1.165) is 19.2 Å². The average Bonchev–Trinajstić information content (AvgIpc) is 2.80. The molecule has 17 heteroatoms. The molecule has 0 aliphatic heterocycles. The number of aromatic nitrogens is 2. The summed E-state index contributed by atoms with van der Waals surface area (Å²) in [5, 5.41) is 14.7. The van der Waals surface area contributed by atoms with Gasteiger partial charge in [-0.25, -0.2) is 23.7 Å². The number of esters is 2. The van der Waals surface area contributed by atoms with Gasteiger partial charge in [-0.2, -0.15) is 0 Å². The molecule has 1 rings (SSSR count). The van der Waals surface area contributed by atoms with Crippen molar-refractivity contribution in [2.24, 2.45) is 0 Å². The number of nitrogens with zero attached hydrogens (tertiary/aromatic N) is 1. The van der Waals surface area contributed by atoms with Crippen molar-refractivity contribution < 1.29 is 46.8 Å². The zero-order valence-electron chi connectivity index (χ0n) is 22.8. The van der Waals surface area contributed by atoms with Crippen LogP contribution in [0.15, 0.2) is 21.9 Å². The molecule has 5 atom stereocenters. The van der Waals surface area contributed by atoms with Crippen molar-refractivity contribution in [3.63, 3.8) is 0 Å². The molecule has 224 valence electrons. The lowest BCUT2D eigenvalue weighted by atomic mass is 10.2. The van der Waals surface area contributed by atoms with Gasteiger partial charge in [0, 0.05) is 12.3 Å². The Morgan fingerprint density at radius 2 is 1.54 bits per heavy atom. The van der Waals surface area contributed by atoms with Crippen molar-refractivity contribution in [2.45, 2.75) is 90.9 Å². The number of alkyl halides is 2. The molecule has 0 radical (unpaired) electrons. The lowest BCUT2D eigenvalue weighted by Gasteiger charge is -2.34. The summed E-state index contributed by atoms with van der Waals surface area (Å²) in [4.78, 5) is 49.8. The first-order valence-electron chi connectivity index (χ1n) is 12.1. The van der Waals surface area contributed by atoms with Gasteiger partial charge in [0.1, 0.15) is 31.5 Å². The Kier molecular flexibility index (Phi) is 13.1. The van der Waals surface area contributed by atoms with Gasteiger partial charge in [-0.15, -0.1) is 0 Å². The minimum Gasteiger partial charge on any atom is -0.462 e. The van der Waals surface area contributed by atoms with Gasteiger partial charge in [0.15, 0.2) is 6.23 Å². The number of aliphatic hydroxyl groups excluding tert-OH is 1. The fourth-order valence-electron chi connectivity index (χ4n) is 2.87. The van der Waals surface area contributed by atoms with E-state index in [1.165, 1.54) is 13.8 Å². The van der Waals surface area contributed by atoms with Gasteiger partial charge in [-0.05, 0) is 48.5 Å². The Labute approximate surface area is 223 Å². The third kappa shape index (κ3) is 10.9. The molecular formula is C22H37F2N4O10P. The Hall–Kier alpha value is -2.49. The van der Waals surface area contributed by atoms with Gasteiger partial charge in [0.05, 0.1) is 12.2 Å². The number of rotatable bonds is 16. The predicted molar refractivity (Wildman–Crippen MR) is 134 cm³/mol. The molecule has 1 aromatic heterocycles. The number of hydrogen-bond donors (Lipinski definition) is 4. The van der Waals surface area contributed by atoms with E-state index < -0.39 is 86.6 Å². The Bertz CT molecular complexity index is 1090. The molecule has 4 N–H and O–H groups in total. The Morgan fingerprint density at radius 3 is 1.92 bits per heavy atom. The number of carbonyl (C=O) groups excluding carboxylic acids is 2. The van der Waals surface area contributed by atoms with Gasteiger partial charge in [0.25, 0.3) is 11.4 Å². The average molecular weight is 587 g/mol. The molecule has 14 nitrogen and oxygen atoms in total. The zero-order chi connectivity index (χ0) is 30.1. The third-order valence-corrected chi connectivity index (χ3v) is 6.78. The van der Waals surface area contributed by atoms with E-state index in [9.17, 15) is 33.2 Å². The molecule has 0 aliphatic carbocycles. The summed E-state index contributed by atoms with van der Waals surface area (Å²) < 4.78 is 64.1. The number of ether oxygens (including phenoxy) is 3. The molecule has 0 saturated heterocycles. The van der Waals surface area contributed by atoms with Crippen molar-refractivity contribution in [2.75, 3.05) is 13.3 Å². The fourth-order valence-corrected chi connectivity index (χ4v) is 4.68. The first-order chi connectivity index (χ1) is 17.9. The van der Waals surface area contributed by atoms with Crippen LogP contribution in [0.5, 0.6) is 0 Å². The van der Waals surface area contributed by atoms with Crippen LogP contribution in [0, 0.1) is 0 Å². The van der Waals surface area contributed by atoms with E-state index in [2.05, 4.69) is 10.2 Å². The number of hydrogen-bond acceptors (Lipinski definition) is 10. The summed E-state index contributed by atoms with van der Waals surface area (Å²) in [6.07, 6.45) is -4.20. The molecule has 0 aromatic carbocycles. The van der Waals surface area contributed by atoms with Crippen LogP contribution >= 0.6 is 7.67 Å². The minimum absolute atomic E-state index is 0.522. The van der Waals surface area contributed by atoms with Crippen LogP contribution in [-0.4, -0.2) is 76.1 Å². The SMILES string of the molecule is CC(C)OC(=O)[C@H](C)NP(=O)(N[C@@H](C)C(=O)OC(C)C)OC[C@@](F)(O[C@H](CF)n1ccc(=O)[nH]c1=O)[C@H](C)O. The van der Waals surface area contributed by atoms with Crippen molar-refractivity contribution in [3.8, 4) is 0 Å². The second-order valence-corrected chi connectivity index (χ2v) is 11.1. The topological polar surface area (TPSA) is 187 Å². The van der Waals surface area contributed by atoms with E-state index in [1.54, 1.807) is 27.7 Å². The third-order valence-electron chi connectivity index (χ3n) is 4.83.